The maximum absolute atomic E-state index is 12.7. The van der Waals surface area contributed by atoms with Crippen LogP contribution in [0.5, 0.6) is 0 Å². The molecule has 3 saturated carbocycles. The molecular weight excluding hydrogens is 324 g/mol. The van der Waals surface area contributed by atoms with Crippen molar-refractivity contribution in [3.05, 3.63) is 18.3 Å². The first-order valence-corrected chi connectivity index (χ1v) is 10.1. The molecule has 0 amide bonds. The number of aromatic amines is 1. The Bertz CT molecular complexity index is 874. The molecule has 0 spiro atoms. The molecule has 3 aliphatic rings. The fraction of sp³-hybridized carbons (Fsp3) is 0.647. The van der Waals surface area contributed by atoms with E-state index in [4.69, 9.17) is 0 Å². The Kier molecular flexibility index (Phi) is 3.51. The van der Waals surface area contributed by atoms with Crippen molar-refractivity contribution in [2.24, 2.45) is 29.1 Å². The fourth-order valence-electron chi connectivity index (χ4n) is 4.85. The van der Waals surface area contributed by atoms with Gasteiger partial charge in [0.15, 0.2) is 5.65 Å². The number of aromatic nitrogens is 3. The third-order valence-electron chi connectivity index (χ3n) is 6.60. The predicted molar refractivity (Wildman–Crippen MR) is 91.7 cm³/mol. The van der Waals surface area contributed by atoms with Crippen LogP contribution in [-0.2, 0) is 10.0 Å². The second kappa shape index (κ2) is 5.26. The van der Waals surface area contributed by atoms with Crippen LogP contribution in [0.2, 0.25) is 0 Å². The molecule has 2 bridgehead atoms. The second-order valence-electron chi connectivity index (χ2n) is 8.00. The average molecular weight is 348 g/mol. The minimum atomic E-state index is -3.63. The van der Waals surface area contributed by atoms with E-state index in [9.17, 15) is 8.42 Å². The highest BCUT2D eigenvalue weighted by Crippen LogP contribution is 2.62. The van der Waals surface area contributed by atoms with Crippen LogP contribution in [0.25, 0.3) is 11.0 Å². The summed E-state index contributed by atoms with van der Waals surface area (Å²) in [7, 11) is -3.63. The van der Waals surface area contributed by atoms with Gasteiger partial charge in [0, 0.05) is 12.7 Å². The number of hydrogen-bond donors (Lipinski definition) is 2. The summed E-state index contributed by atoms with van der Waals surface area (Å²) < 4.78 is 28.1. The SMILES string of the molecule is C[C@H]1[C@H](CNS(=O)(=O)c2n[nH]c3ncccc23)C[C@@H]2C[C@H]1C2(C)C. The molecule has 24 heavy (non-hydrogen) atoms. The molecule has 7 heteroatoms. The van der Waals surface area contributed by atoms with Gasteiger partial charge in [-0.2, -0.15) is 5.10 Å². The van der Waals surface area contributed by atoms with Crippen LogP contribution in [0, 0.1) is 29.1 Å². The predicted octanol–water partition coefficient (Wildman–Crippen LogP) is 2.55. The van der Waals surface area contributed by atoms with E-state index in [-0.39, 0.29) is 5.03 Å². The smallest absolute Gasteiger partial charge is 0.259 e. The summed E-state index contributed by atoms with van der Waals surface area (Å²) in [5.74, 6) is 2.38. The van der Waals surface area contributed by atoms with Gasteiger partial charge in [-0.15, -0.1) is 0 Å². The van der Waals surface area contributed by atoms with Crippen molar-refractivity contribution in [1.82, 2.24) is 19.9 Å². The summed E-state index contributed by atoms with van der Waals surface area (Å²) in [6.07, 6.45) is 4.02. The third-order valence-corrected chi connectivity index (χ3v) is 7.97. The number of rotatable bonds is 4. The van der Waals surface area contributed by atoms with Gasteiger partial charge < -0.3 is 0 Å². The van der Waals surface area contributed by atoms with Crippen molar-refractivity contribution in [1.29, 1.82) is 0 Å². The Morgan fingerprint density at radius 1 is 1.38 bits per heavy atom. The first kappa shape index (κ1) is 16.0. The Morgan fingerprint density at radius 2 is 2.17 bits per heavy atom. The van der Waals surface area contributed by atoms with Crippen LogP contribution in [0.4, 0.5) is 0 Å². The van der Waals surface area contributed by atoms with Crippen molar-refractivity contribution < 1.29 is 8.42 Å². The molecule has 0 aliphatic heterocycles. The van der Waals surface area contributed by atoms with E-state index in [1.54, 1.807) is 18.3 Å². The van der Waals surface area contributed by atoms with Crippen LogP contribution in [0.15, 0.2) is 23.4 Å². The van der Waals surface area contributed by atoms with E-state index >= 15 is 0 Å². The van der Waals surface area contributed by atoms with Gasteiger partial charge in [-0.25, -0.2) is 18.1 Å². The number of hydrogen-bond acceptors (Lipinski definition) is 4. The summed E-state index contributed by atoms with van der Waals surface area (Å²) >= 11 is 0. The Balaban J connectivity index is 1.50. The topological polar surface area (TPSA) is 87.7 Å². The van der Waals surface area contributed by atoms with E-state index in [0.29, 0.717) is 40.7 Å². The molecule has 0 radical (unpaired) electrons. The van der Waals surface area contributed by atoms with Crippen molar-refractivity contribution >= 4 is 21.1 Å². The van der Waals surface area contributed by atoms with Crippen LogP contribution >= 0.6 is 0 Å². The monoisotopic (exact) mass is 348 g/mol. The van der Waals surface area contributed by atoms with Gasteiger partial charge in [0.2, 0.25) is 5.03 Å². The minimum Gasteiger partial charge on any atom is -0.259 e. The molecule has 2 aromatic heterocycles. The van der Waals surface area contributed by atoms with Gasteiger partial charge >= 0.3 is 0 Å². The lowest BCUT2D eigenvalue weighted by Crippen LogP contribution is -2.56. The molecular formula is C17H24N4O2S. The van der Waals surface area contributed by atoms with Crippen LogP contribution in [-0.4, -0.2) is 30.1 Å². The first-order valence-electron chi connectivity index (χ1n) is 8.59. The van der Waals surface area contributed by atoms with Gasteiger partial charge in [0.25, 0.3) is 10.0 Å². The number of H-pyrrole nitrogens is 1. The molecule has 3 aliphatic carbocycles. The van der Waals surface area contributed by atoms with Gasteiger partial charge in [0.05, 0.1) is 5.39 Å². The first-order chi connectivity index (χ1) is 11.3. The maximum atomic E-state index is 12.7. The normalized spacial score (nSPS) is 31.8. The fourth-order valence-corrected chi connectivity index (χ4v) is 6.04. The van der Waals surface area contributed by atoms with Gasteiger partial charge in [0.1, 0.15) is 0 Å². The second-order valence-corrected chi connectivity index (χ2v) is 9.68. The van der Waals surface area contributed by atoms with Crippen LogP contribution in [0.3, 0.4) is 0 Å². The van der Waals surface area contributed by atoms with Gasteiger partial charge in [-0.1, -0.05) is 20.8 Å². The highest BCUT2D eigenvalue weighted by Gasteiger charge is 2.56. The molecule has 2 N–H and O–H groups in total. The van der Waals surface area contributed by atoms with Crippen molar-refractivity contribution in [2.75, 3.05) is 6.54 Å². The molecule has 130 valence electrons. The standard InChI is InChI=1S/C17H24N4O2S/c1-10-11(7-12-8-14(10)17(12,2)3)9-19-24(22,23)16-13-5-4-6-18-15(13)20-21-16/h4-6,10-12,14,19H,7-9H2,1-3H3,(H,18,20,21)/t10-,11-,12+,14+/m0/s1. The highest BCUT2D eigenvalue weighted by molar-refractivity contribution is 7.89. The van der Waals surface area contributed by atoms with E-state index in [1.165, 1.54) is 6.42 Å². The highest BCUT2D eigenvalue weighted by atomic mass is 32.2. The third kappa shape index (κ3) is 2.29. The largest absolute Gasteiger partial charge is 0.260 e. The summed E-state index contributed by atoms with van der Waals surface area (Å²) in [6.45, 7) is 7.47. The molecule has 0 unspecified atom stereocenters. The molecule has 2 aromatic rings. The Labute approximate surface area is 142 Å². The molecule has 4 atom stereocenters. The van der Waals surface area contributed by atoms with Crippen molar-refractivity contribution in [3.63, 3.8) is 0 Å². The molecule has 0 aromatic carbocycles. The van der Waals surface area contributed by atoms with E-state index in [0.717, 1.165) is 12.3 Å². The number of fused-ring (bicyclic) bond motifs is 3. The summed E-state index contributed by atoms with van der Waals surface area (Å²) in [5, 5.41) is 7.22. The lowest BCUT2D eigenvalue weighted by atomic mass is 9.43. The minimum absolute atomic E-state index is 0.0413. The quantitative estimate of drug-likeness (QED) is 0.889. The van der Waals surface area contributed by atoms with E-state index < -0.39 is 10.0 Å². The van der Waals surface area contributed by atoms with Crippen molar-refractivity contribution in [3.8, 4) is 0 Å². The Hall–Kier alpha value is -1.47. The zero-order valence-electron chi connectivity index (χ0n) is 14.3. The summed E-state index contributed by atoms with van der Waals surface area (Å²) in [6, 6.07) is 3.44. The summed E-state index contributed by atoms with van der Waals surface area (Å²) in [4.78, 5) is 4.10. The molecule has 0 saturated heterocycles. The maximum Gasteiger partial charge on any atom is 0.260 e. The lowest BCUT2D eigenvalue weighted by molar-refractivity contribution is -0.126. The number of nitrogens with one attached hydrogen (secondary N) is 2. The van der Waals surface area contributed by atoms with Gasteiger partial charge in [-0.05, 0) is 54.1 Å². The molecule has 6 nitrogen and oxygen atoms in total. The van der Waals surface area contributed by atoms with Crippen molar-refractivity contribution in [2.45, 2.75) is 38.6 Å². The van der Waals surface area contributed by atoms with E-state index in [1.807, 2.05) is 0 Å². The zero-order chi connectivity index (χ0) is 17.1. The zero-order valence-corrected chi connectivity index (χ0v) is 15.1. The number of pyridine rings is 1. The van der Waals surface area contributed by atoms with Gasteiger partial charge in [-0.3, -0.25) is 5.10 Å². The van der Waals surface area contributed by atoms with E-state index in [2.05, 4.69) is 40.7 Å². The lowest BCUT2D eigenvalue weighted by Gasteiger charge is -2.62. The molecule has 2 heterocycles. The van der Waals surface area contributed by atoms with Crippen LogP contribution < -0.4 is 4.72 Å². The number of nitrogens with zero attached hydrogens (tertiary/aromatic N) is 2. The Morgan fingerprint density at radius 3 is 2.88 bits per heavy atom. The van der Waals surface area contributed by atoms with Crippen LogP contribution in [0.1, 0.15) is 33.6 Å². The molecule has 3 fully saturated rings. The number of sulfonamides is 1. The summed E-state index contributed by atoms with van der Waals surface area (Å²) in [5.41, 5.74) is 0.908. The molecule has 5 rings (SSSR count). The average Bonchev–Trinajstić information content (AvgIpc) is 2.98.